The molecule has 0 spiro atoms. The zero-order valence-corrected chi connectivity index (χ0v) is 28.2. The summed E-state index contributed by atoms with van der Waals surface area (Å²) in [6.07, 6.45) is 0. The molecule has 0 amide bonds. The van der Waals surface area contributed by atoms with E-state index in [2.05, 4.69) is 205 Å². The molecular formula is C48H33NS. The van der Waals surface area contributed by atoms with Crippen molar-refractivity contribution in [3.8, 4) is 44.5 Å². The Morgan fingerprint density at radius 1 is 0.320 bits per heavy atom. The lowest BCUT2D eigenvalue weighted by molar-refractivity contribution is 1.30. The SMILES string of the molecule is c1ccc(-c2ccccc2-c2cccc(N(c3cccc(-c4ccccc4-c4ccccc4)c3)c3cccc4sc5ccccc5c34)c2)cc1. The minimum absolute atomic E-state index is 1.11. The van der Waals surface area contributed by atoms with Gasteiger partial charge in [-0.2, -0.15) is 0 Å². The molecule has 1 nitrogen and oxygen atoms in total. The minimum Gasteiger partial charge on any atom is -0.310 e. The highest BCUT2D eigenvalue weighted by atomic mass is 32.1. The standard InChI is InChI=1S/C48H33NS/c1-3-16-34(17-4-1)40-24-7-9-26-42(40)36-20-13-22-38(32-36)49(45-29-15-31-47-48(45)44-28-11-12-30-46(44)50-47)39-23-14-21-37(33-39)43-27-10-8-25-41(43)35-18-5-2-6-19-35/h1-33H. The zero-order chi connectivity index (χ0) is 33.3. The minimum atomic E-state index is 1.11. The Balaban J connectivity index is 1.26. The van der Waals surface area contributed by atoms with Gasteiger partial charge >= 0.3 is 0 Å². The maximum absolute atomic E-state index is 2.45. The molecular weight excluding hydrogens is 623 g/mol. The third-order valence-electron chi connectivity index (χ3n) is 9.48. The maximum Gasteiger partial charge on any atom is 0.0554 e. The van der Waals surface area contributed by atoms with Crippen LogP contribution in [0.15, 0.2) is 200 Å². The van der Waals surface area contributed by atoms with Gasteiger partial charge in [0.2, 0.25) is 0 Å². The third-order valence-corrected chi connectivity index (χ3v) is 10.6. The summed E-state index contributed by atoms with van der Waals surface area (Å²) in [4.78, 5) is 2.45. The van der Waals surface area contributed by atoms with Gasteiger partial charge in [0.15, 0.2) is 0 Å². The molecule has 0 saturated heterocycles. The summed E-state index contributed by atoms with van der Waals surface area (Å²) in [6, 6.07) is 72.3. The predicted molar refractivity (Wildman–Crippen MR) is 216 cm³/mol. The van der Waals surface area contributed by atoms with E-state index in [1.807, 2.05) is 11.3 Å². The second-order valence-electron chi connectivity index (χ2n) is 12.5. The molecule has 236 valence electrons. The van der Waals surface area contributed by atoms with Crippen LogP contribution >= 0.6 is 11.3 Å². The molecule has 1 heterocycles. The Kier molecular flexibility index (Phi) is 7.77. The Morgan fingerprint density at radius 2 is 0.740 bits per heavy atom. The fraction of sp³-hybridized carbons (Fsp3) is 0. The van der Waals surface area contributed by atoms with E-state index in [1.54, 1.807) is 0 Å². The van der Waals surface area contributed by atoms with Crippen molar-refractivity contribution < 1.29 is 0 Å². The van der Waals surface area contributed by atoms with Crippen molar-refractivity contribution in [2.45, 2.75) is 0 Å². The molecule has 0 radical (unpaired) electrons. The summed E-state index contributed by atoms with van der Waals surface area (Å²) in [5.41, 5.74) is 13.1. The number of nitrogens with zero attached hydrogens (tertiary/aromatic N) is 1. The largest absolute Gasteiger partial charge is 0.310 e. The first-order valence-electron chi connectivity index (χ1n) is 17.0. The fourth-order valence-electron chi connectivity index (χ4n) is 7.20. The van der Waals surface area contributed by atoms with Crippen molar-refractivity contribution in [2.24, 2.45) is 0 Å². The lowest BCUT2D eigenvalue weighted by atomic mass is 9.93. The molecule has 0 fully saturated rings. The van der Waals surface area contributed by atoms with Gasteiger partial charge in [-0.25, -0.2) is 0 Å². The van der Waals surface area contributed by atoms with Crippen molar-refractivity contribution in [1.29, 1.82) is 0 Å². The second-order valence-corrected chi connectivity index (χ2v) is 13.6. The Morgan fingerprint density at radius 3 is 1.30 bits per heavy atom. The van der Waals surface area contributed by atoms with Crippen molar-refractivity contribution >= 4 is 48.6 Å². The summed E-state index contributed by atoms with van der Waals surface area (Å²) >= 11 is 1.86. The highest BCUT2D eigenvalue weighted by Gasteiger charge is 2.20. The van der Waals surface area contributed by atoms with Crippen LogP contribution in [-0.2, 0) is 0 Å². The molecule has 0 aliphatic heterocycles. The van der Waals surface area contributed by atoms with Crippen LogP contribution in [0.2, 0.25) is 0 Å². The molecule has 2 heteroatoms. The number of thiophene rings is 1. The van der Waals surface area contributed by atoms with E-state index >= 15 is 0 Å². The average Bonchev–Trinajstić information content (AvgIpc) is 3.59. The van der Waals surface area contributed by atoms with E-state index in [4.69, 9.17) is 0 Å². The van der Waals surface area contributed by atoms with Gasteiger partial charge in [0.05, 0.1) is 5.69 Å². The molecule has 0 atom stereocenters. The molecule has 0 saturated carbocycles. The number of hydrogen-bond acceptors (Lipinski definition) is 2. The van der Waals surface area contributed by atoms with Crippen LogP contribution in [0.4, 0.5) is 17.1 Å². The number of hydrogen-bond donors (Lipinski definition) is 0. The van der Waals surface area contributed by atoms with E-state index in [0.717, 1.165) is 11.4 Å². The van der Waals surface area contributed by atoms with Gasteiger partial charge in [0, 0.05) is 31.5 Å². The molecule has 0 unspecified atom stereocenters. The lowest BCUT2D eigenvalue weighted by Gasteiger charge is -2.28. The Bertz CT molecular complexity index is 2470. The number of anilines is 3. The van der Waals surface area contributed by atoms with Crippen LogP contribution in [0.5, 0.6) is 0 Å². The van der Waals surface area contributed by atoms with E-state index in [-0.39, 0.29) is 0 Å². The van der Waals surface area contributed by atoms with Crippen LogP contribution in [-0.4, -0.2) is 0 Å². The Hall–Kier alpha value is -6.22. The van der Waals surface area contributed by atoms with Gasteiger partial charge in [-0.3, -0.25) is 0 Å². The first-order valence-corrected chi connectivity index (χ1v) is 17.8. The average molecular weight is 656 g/mol. The Labute approximate surface area is 297 Å². The molecule has 0 aliphatic rings. The quantitative estimate of drug-likeness (QED) is 0.165. The zero-order valence-electron chi connectivity index (χ0n) is 27.4. The summed E-state index contributed by atoms with van der Waals surface area (Å²) in [6.45, 7) is 0. The number of rotatable bonds is 7. The second kappa shape index (κ2) is 13.0. The van der Waals surface area contributed by atoms with Crippen molar-refractivity contribution in [1.82, 2.24) is 0 Å². The topological polar surface area (TPSA) is 3.24 Å². The van der Waals surface area contributed by atoms with Crippen LogP contribution in [0, 0.1) is 0 Å². The van der Waals surface area contributed by atoms with Crippen LogP contribution < -0.4 is 4.90 Å². The molecule has 0 bridgehead atoms. The molecule has 1 aromatic heterocycles. The fourth-order valence-corrected chi connectivity index (χ4v) is 8.33. The molecule has 0 N–H and O–H groups in total. The molecule has 8 aromatic carbocycles. The van der Waals surface area contributed by atoms with Gasteiger partial charge in [0.1, 0.15) is 0 Å². The van der Waals surface area contributed by atoms with Crippen molar-refractivity contribution in [3.05, 3.63) is 200 Å². The summed E-state index contributed by atoms with van der Waals surface area (Å²) in [5, 5.41) is 2.56. The highest BCUT2D eigenvalue weighted by molar-refractivity contribution is 7.26. The number of benzene rings is 8. The van der Waals surface area contributed by atoms with Gasteiger partial charge in [-0.1, -0.05) is 158 Å². The number of fused-ring (bicyclic) bond motifs is 3. The van der Waals surface area contributed by atoms with Crippen LogP contribution in [0.1, 0.15) is 0 Å². The van der Waals surface area contributed by atoms with Gasteiger partial charge in [0.25, 0.3) is 0 Å². The lowest BCUT2D eigenvalue weighted by Crippen LogP contribution is -2.10. The highest BCUT2D eigenvalue weighted by Crippen LogP contribution is 2.46. The third kappa shape index (κ3) is 5.46. The molecule has 9 rings (SSSR count). The predicted octanol–water partition coefficient (Wildman–Crippen LogP) is 14.2. The first kappa shape index (κ1) is 29.9. The van der Waals surface area contributed by atoms with Gasteiger partial charge in [-0.15, -0.1) is 11.3 Å². The van der Waals surface area contributed by atoms with E-state index in [0.29, 0.717) is 0 Å². The normalized spacial score (nSPS) is 11.2. The van der Waals surface area contributed by atoms with E-state index in [1.165, 1.54) is 70.4 Å². The van der Waals surface area contributed by atoms with Crippen molar-refractivity contribution in [3.63, 3.8) is 0 Å². The smallest absolute Gasteiger partial charge is 0.0554 e. The first-order chi connectivity index (χ1) is 24.8. The van der Waals surface area contributed by atoms with E-state index in [9.17, 15) is 0 Å². The van der Waals surface area contributed by atoms with Crippen LogP contribution in [0.3, 0.4) is 0 Å². The summed E-state index contributed by atoms with van der Waals surface area (Å²) in [7, 11) is 0. The maximum atomic E-state index is 2.45. The molecule has 0 aliphatic carbocycles. The summed E-state index contributed by atoms with van der Waals surface area (Å²) < 4.78 is 2.58. The van der Waals surface area contributed by atoms with E-state index < -0.39 is 0 Å². The monoisotopic (exact) mass is 655 g/mol. The van der Waals surface area contributed by atoms with Crippen molar-refractivity contribution in [2.75, 3.05) is 4.90 Å². The summed E-state index contributed by atoms with van der Waals surface area (Å²) in [5.74, 6) is 0. The molecule has 50 heavy (non-hydrogen) atoms. The van der Waals surface area contributed by atoms with Crippen LogP contribution in [0.25, 0.3) is 64.7 Å². The molecule has 9 aromatic rings. The van der Waals surface area contributed by atoms with Gasteiger partial charge < -0.3 is 4.90 Å². The van der Waals surface area contributed by atoms with Gasteiger partial charge in [-0.05, 0) is 87.0 Å².